The Balaban J connectivity index is 2.55. The predicted molar refractivity (Wildman–Crippen MR) is 86.0 cm³/mol. The molecule has 0 spiro atoms. The normalized spacial score (nSPS) is 11.5. The van der Waals surface area contributed by atoms with Gasteiger partial charge in [-0.05, 0) is 43.0 Å². The number of nitrogens with one attached hydrogen (secondary N) is 1. The summed E-state index contributed by atoms with van der Waals surface area (Å²) in [6.45, 7) is 5.11. The van der Waals surface area contributed by atoms with E-state index in [4.69, 9.17) is 5.11 Å². The van der Waals surface area contributed by atoms with E-state index in [0.717, 1.165) is 5.56 Å². The number of carboxylic acid groups (broad SMARTS) is 1. The van der Waals surface area contributed by atoms with Crippen molar-refractivity contribution in [1.29, 1.82) is 0 Å². The molecule has 1 aromatic heterocycles. The van der Waals surface area contributed by atoms with Crippen molar-refractivity contribution in [2.24, 2.45) is 7.05 Å². The molecule has 8 heteroatoms. The van der Waals surface area contributed by atoms with Gasteiger partial charge < -0.3 is 5.11 Å². The highest BCUT2D eigenvalue weighted by Crippen LogP contribution is 2.28. The molecule has 2 aromatic rings. The maximum atomic E-state index is 12.7. The highest BCUT2D eigenvalue weighted by atomic mass is 32.2. The summed E-state index contributed by atoms with van der Waals surface area (Å²) < 4.78 is 29.4. The van der Waals surface area contributed by atoms with Gasteiger partial charge in [0.15, 0.2) is 0 Å². The Labute approximate surface area is 135 Å². The smallest absolute Gasteiger partial charge is 0.307 e. The zero-order valence-electron chi connectivity index (χ0n) is 13.4. The molecular formula is C15H19N3O4S. The molecular weight excluding hydrogens is 318 g/mol. The molecule has 7 nitrogen and oxygen atoms in total. The third kappa shape index (κ3) is 3.53. The Bertz CT molecular complexity index is 869. The number of carbonyl (C=O) groups is 1. The third-order valence-corrected chi connectivity index (χ3v) is 5.28. The molecule has 1 heterocycles. The van der Waals surface area contributed by atoms with Gasteiger partial charge >= 0.3 is 5.97 Å². The zero-order valence-corrected chi connectivity index (χ0v) is 14.2. The highest BCUT2D eigenvalue weighted by molar-refractivity contribution is 7.92. The van der Waals surface area contributed by atoms with Gasteiger partial charge in [0.25, 0.3) is 10.0 Å². The average Bonchev–Trinajstić information content (AvgIpc) is 2.78. The van der Waals surface area contributed by atoms with Crippen molar-refractivity contribution in [1.82, 2.24) is 9.78 Å². The van der Waals surface area contributed by atoms with Crippen LogP contribution < -0.4 is 4.72 Å². The van der Waals surface area contributed by atoms with Crippen LogP contribution in [0.15, 0.2) is 23.4 Å². The molecule has 23 heavy (non-hydrogen) atoms. The number of sulfonamides is 1. The Kier molecular flexibility index (Phi) is 4.46. The molecule has 0 radical (unpaired) electrons. The molecule has 1 aromatic carbocycles. The summed E-state index contributed by atoms with van der Waals surface area (Å²) in [6, 6.07) is 1.70. The monoisotopic (exact) mass is 337 g/mol. The first-order valence-electron chi connectivity index (χ1n) is 6.94. The van der Waals surface area contributed by atoms with Gasteiger partial charge in [-0.15, -0.1) is 0 Å². The number of aromatic nitrogens is 2. The number of aryl methyl sites for hydroxylation is 3. The standard InChI is InChI=1S/C15H19N3O4S/c1-9-5-10(2)15(11(3)13(9)6-14(19)20)23(21,22)17-12-7-16-18(4)8-12/h5,7-8,17H,6H2,1-4H3,(H,19,20). The van der Waals surface area contributed by atoms with E-state index in [2.05, 4.69) is 9.82 Å². The Hall–Kier alpha value is -2.35. The van der Waals surface area contributed by atoms with Gasteiger partial charge in [0.2, 0.25) is 0 Å². The summed E-state index contributed by atoms with van der Waals surface area (Å²) in [5.74, 6) is -0.997. The van der Waals surface area contributed by atoms with Gasteiger partial charge in [0.1, 0.15) is 0 Å². The van der Waals surface area contributed by atoms with Crippen molar-refractivity contribution in [2.45, 2.75) is 32.1 Å². The van der Waals surface area contributed by atoms with Crippen molar-refractivity contribution in [3.05, 3.63) is 40.7 Å². The lowest BCUT2D eigenvalue weighted by Gasteiger charge is -2.17. The van der Waals surface area contributed by atoms with Gasteiger partial charge in [0.05, 0.1) is 23.2 Å². The number of rotatable bonds is 5. The van der Waals surface area contributed by atoms with E-state index < -0.39 is 16.0 Å². The first kappa shape index (κ1) is 17.0. The van der Waals surface area contributed by atoms with Gasteiger partial charge in [0, 0.05) is 13.2 Å². The molecule has 0 saturated carbocycles. The lowest BCUT2D eigenvalue weighted by Crippen LogP contribution is -2.17. The van der Waals surface area contributed by atoms with E-state index >= 15 is 0 Å². The number of nitrogens with zero attached hydrogens (tertiary/aromatic N) is 2. The Morgan fingerprint density at radius 1 is 1.30 bits per heavy atom. The fourth-order valence-corrected chi connectivity index (χ4v) is 4.25. The van der Waals surface area contributed by atoms with Crippen molar-refractivity contribution < 1.29 is 18.3 Å². The molecule has 0 bridgehead atoms. The van der Waals surface area contributed by atoms with Crippen LogP contribution in [0, 0.1) is 20.8 Å². The third-order valence-electron chi connectivity index (χ3n) is 3.61. The van der Waals surface area contributed by atoms with Crippen LogP contribution in [-0.2, 0) is 28.3 Å². The molecule has 0 fully saturated rings. The van der Waals surface area contributed by atoms with E-state index in [1.54, 1.807) is 40.1 Å². The van der Waals surface area contributed by atoms with Gasteiger partial charge in [-0.3, -0.25) is 14.2 Å². The minimum atomic E-state index is -3.83. The van der Waals surface area contributed by atoms with Gasteiger partial charge in [-0.1, -0.05) is 6.07 Å². The molecule has 0 unspecified atom stereocenters. The summed E-state index contributed by atoms with van der Waals surface area (Å²) in [5, 5.41) is 13.0. The van der Waals surface area contributed by atoms with E-state index in [1.807, 2.05) is 0 Å². The van der Waals surface area contributed by atoms with E-state index in [0.29, 0.717) is 22.4 Å². The fraction of sp³-hybridized carbons (Fsp3) is 0.333. The maximum absolute atomic E-state index is 12.7. The van der Waals surface area contributed by atoms with E-state index in [9.17, 15) is 13.2 Å². The number of anilines is 1. The van der Waals surface area contributed by atoms with Gasteiger partial charge in [-0.25, -0.2) is 8.42 Å². The van der Waals surface area contributed by atoms with E-state index in [-0.39, 0.29) is 11.3 Å². The SMILES string of the molecule is Cc1cc(C)c(S(=O)(=O)Nc2cnn(C)c2)c(C)c1CC(=O)O. The Morgan fingerprint density at radius 2 is 1.96 bits per heavy atom. The van der Waals surface area contributed by atoms with Gasteiger partial charge in [-0.2, -0.15) is 5.10 Å². The number of carboxylic acids is 1. The van der Waals surface area contributed by atoms with Crippen LogP contribution in [0.3, 0.4) is 0 Å². The molecule has 2 N–H and O–H groups in total. The van der Waals surface area contributed by atoms with Crippen LogP contribution in [0.5, 0.6) is 0 Å². The number of benzene rings is 1. The van der Waals surface area contributed by atoms with Crippen LogP contribution in [-0.4, -0.2) is 29.3 Å². The predicted octanol–water partition coefficient (Wildman–Crippen LogP) is 1.77. The highest BCUT2D eigenvalue weighted by Gasteiger charge is 2.24. The summed E-state index contributed by atoms with van der Waals surface area (Å²) in [7, 11) is -2.15. The summed E-state index contributed by atoms with van der Waals surface area (Å²) in [6.07, 6.45) is 2.75. The first-order chi connectivity index (χ1) is 10.6. The van der Waals surface area contributed by atoms with E-state index in [1.165, 1.54) is 10.9 Å². The summed E-state index contributed by atoms with van der Waals surface area (Å²) in [4.78, 5) is 11.2. The number of hydrogen-bond donors (Lipinski definition) is 2. The summed E-state index contributed by atoms with van der Waals surface area (Å²) in [5.41, 5.74) is 2.68. The van der Waals surface area contributed by atoms with Crippen LogP contribution >= 0.6 is 0 Å². The number of hydrogen-bond acceptors (Lipinski definition) is 4. The van der Waals surface area contributed by atoms with Crippen LogP contribution in [0.1, 0.15) is 22.3 Å². The minimum absolute atomic E-state index is 0.114. The first-order valence-corrected chi connectivity index (χ1v) is 8.43. The lowest BCUT2D eigenvalue weighted by molar-refractivity contribution is -0.136. The van der Waals surface area contributed by atoms with Crippen molar-refractivity contribution >= 4 is 21.7 Å². The van der Waals surface area contributed by atoms with Crippen LogP contribution in [0.25, 0.3) is 0 Å². The molecule has 124 valence electrons. The molecule has 2 rings (SSSR count). The topological polar surface area (TPSA) is 101 Å². The molecule has 0 atom stereocenters. The molecule has 0 saturated heterocycles. The molecule has 0 aliphatic heterocycles. The second-order valence-electron chi connectivity index (χ2n) is 5.52. The van der Waals surface area contributed by atoms with Crippen molar-refractivity contribution in [2.75, 3.05) is 4.72 Å². The summed E-state index contributed by atoms with van der Waals surface area (Å²) >= 11 is 0. The molecule has 0 aliphatic carbocycles. The number of aliphatic carboxylic acids is 1. The van der Waals surface area contributed by atoms with Crippen LogP contribution in [0.4, 0.5) is 5.69 Å². The van der Waals surface area contributed by atoms with Crippen LogP contribution in [0.2, 0.25) is 0 Å². The Morgan fingerprint density at radius 3 is 2.48 bits per heavy atom. The average molecular weight is 337 g/mol. The quantitative estimate of drug-likeness (QED) is 0.866. The largest absolute Gasteiger partial charge is 0.481 e. The molecule has 0 aliphatic rings. The minimum Gasteiger partial charge on any atom is -0.481 e. The lowest BCUT2D eigenvalue weighted by atomic mass is 9.97. The zero-order chi connectivity index (χ0) is 17.4. The van der Waals surface area contributed by atoms with Crippen molar-refractivity contribution in [3.8, 4) is 0 Å². The molecule has 0 amide bonds. The second-order valence-corrected chi connectivity index (χ2v) is 7.14. The maximum Gasteiger partial charge on any atom is 0.307 e. The second kappa shape index (κ2) is 6.04. The van der Waals surface area contributed by atoms with Crippen molar-refractivity contribution in [3.63, 3.8) is 0 Å². The fourth-order valence-electron chi connectivity index (χ4n) is 2.72.